The number of nitrogen functional groups attached to an aromatic ring is 1. The van der Waals surface area contributed by atoms with Gasteiger partial charge in [-0.25, -0.2) is 9.97 Å². The third kappa shape index (κ3) is 13.3. The Morgan fingerprint density at radius 1 is 0.583 bits per heavy atom. The molecular formula is C34H32BBrN6O6. The van der Waals surface area contributed by atoms with Gasteiger partial charge in [-0.1, -0.05) is 98.4 Å². The highest BCUT2D eigenvalue weighted by atomic mass is 79.9. The van der Waals surface area contributed by atoms with E-state index in [2.05, 4.69) is 30.9 Å². The molecular weight excluding hydrogens is 679 g/mol. The standard InChI is InChI=1S/C11H8N2O2.C11H10N2.C6H7BO2.C5H3BrN2O2.CH4/c14-13(15)10-6-7-11(12-8-10)9-4-2-1-3-5-9;12-10-6-7-11(13-8-10)9-4-2-1-3-5-9;8-7(9)6-4-2-1-3-5-6;6-5-2-1-4(3-7-5)8(9)10;/h1-8H;1-8H,12H2;1-5,8-9H;1-3H;1H4. The molecule has 0 bridgehead atoms. The summed E-state index contributed by atoms with van der Waals surface area (Å²) in [6.45, 7) is 0. The maximum absolute atomic E-state index is 10.4. The molecule has 3 heterocycles. The van der Waals surface area contributed by atoms with E-state index >= 15 is 0 Å². The van der Waals surface area contributed by atoms with Gasteiger partial charge in [0.2, 0.25) is 0 Å². The molecule has 3 aromatic carbocycles. The van der Waals surface area contributed by atoms with E-state index in [-0.39, 0.29) is 18.8 Å². The maximum atomic E-state index is 10.4. The van der Waals surface area contributed by atoms with Crippen LogP contribution in [0.25, 0.3) is 22.5 Å². The largest absolute Gasteiger partial charge is 0.488 e. The number of halogens is 1. The summed E-state index contributed by atoms with van der Waals surface area (Å²) in [4.78, 5) is 31.5. The van der Waals surface area contributed by atoms with E-state index in [0.29, 0.717) is 15.8 Å². The molecule has 0 aliphatic carbocycles. The Morgan fingerprint density at radius 3 is 1.33 bits per heavy atom. The second-order valence-corrected chi connectivity index (χ2v) is 10.1. The van der Waals surface area contributed by atoms with Gasteiger partial charge in [-0.3, -0.25) is 25.2 Å². The molecule has 0 spiro atoms. The number of hydrogen-bond donors (Lipinski definition) is 3. The molecule has 14 heteroatoms. The van der Waals surface area contributed by atoms with Crippen molar-refractivity contribution in [2.45, 2.75) is 7.43 Å². The molecule has 12 nitrogen and oxygen atoms in total. The van der Waals surface area contributed by atoms with E-state index in [4.69, 9.17) is 15.8 Å². The van der Waals surface area contributed by atoms with Crippen LogP contribution in [0.3, 0.4) is 0 Å². The van der Waals surface area contributed by atoms with Gasteiger partial charge in [-0.2, -0.15) is 0 Å². The second kappa shape index (κ2) is 20.3. The van der Waals surface area contributed by atoms with E-state index < -0.39 is 17.0 Å². The van der Waals surface area contributed by atoms with Gasteiger partial charge in [0.15, 0.2) is 0 Å². The van der Waals surface area contributed by atoms with Crippen LogP contribution in [-0.4, -0.2) is 42.0 Å². The lowest BCUT2D eigenvalue weighted by atomic mass is 9.81. The number of pyridine rings is 3. The summed E-state index contributed by atoms with van der Waals surface area (Å²) in [7, 11) is -1.34. The smallest absolute Gasteiger partial charge is 0.423 e. The zero-order chi connectivity index (χ0) is 34.0. The fourth-order valence-electron chi connectivity index (χ4n) is 3.56. The summed E-state index contributed by atoms with van der Waals surface area (Å²) < 4.78 is 0.595. The van der Waals surface area contributed by atoms with Crippen molar-refractivity contribution >= 4 is 45.6 Å². The van der Waals surface area contributed by atoms with Crippen molar-refractivity contribution < 1.29 is 19.9 Å². The summed E-state index contributed by atoms with van der Waals surface area (Å²) >= 11 is 3.06. The van der Waals surface area contributed by atoms with Crippen LogP contribution in [0.4, 0.5) is 17.1 Å². The minimum absolute atomic E-state index is 0. The van der Waals surface area contributed by atoms with Crippen LogP contribution < -0.4 is 11.2 Å². The minimum atomic E-state index is -1.34. The third-order valence-corrected chi connectivity index (χ3v) is 6.37. The van der Waals surface area contributed by atoms with Crippen molar-refractivity contribution in [3.63, 3.8) is 0 Å². The van der Waals surface area contributed by atoms with E-state index in [1.807, 2.05) is 78.9 Å². The van der Waals surface area contributed by atoms with E-state index in [0.717, 1.165) is 22.5 Å². The maximum Gasteiger partial charge on any atom is 0.488 e. The number of nitro groups is 2. The predicted octanol–water partition coefficient (Wildman–Crippen LogP) is 6.74. The molecule has 0 fully saturated rings. The molecule has 0 saturated heterocycles. The van der Waals surface area contributed by atoms with Crippen LogP contribution in [-0.2, 0) is 0 Å². The molecule has 3 aromatic heterocycles. The van der Waals surface area contributed by atoms with E-state index in [9.17, 15) is 20.2 Å². The highest BCUT2D eigenvalue weighted by Gasteiger charge is 2.08. The van der Waals surface area contributed by atoms with Crippen LogP contribution in [0.15, 0.2) is 151 Å². The topological polar surface area (TPSA) is 191 Å². The SMILES string of the molecule is C.Nc1ccc(-c2ccccc2)nc1.O=[N+]([O-])c1ccc(-c2ccccc2)nc1.O=[N+]([O-])c1ccc(Br)nc1.OB(O)c1ccccc1. The summed E-state index contributed by atoms with van der Waals surface area (Å²) in [6, 6.07) is 38.0. The number of aromatic nitrogens is 3. The molecule has 6 aromatic rings. The Labute approximate surface area is 286 Å². The van der Waals surface area contributed by atoms with Crippen molar-refractivity contribution in [2.75, 3.05) is 5.73 Å². The van der Waals surface area contributed by atoms with Gasteiger partial charge in [0.05, 0.1) is 33.1 Å². The van der Waals surface area contributed by atoms with Crippen molar-refractivity contribution in [1.82, 2.24) is 15.0 Å². The summed E-state index contributed by atoms with van der Waals surface area (Å²) in [6.07, 6.45) is 4.13. The number of rotatable bonds is 5. The molecule has 244 valence electrons. The van der Waals surface area contributed by atoms with Crippen LogP contribution in [0.1, 0.15) is 7.43 Å². The average Bonchev–Trinajstić information content (AvgIpc) is 3.11. The number of nitrogens with zero attached hydrogens (tertiary/aromatic N) is 5. The van der Waals surface area contributed by atoms with E-state index in [1.165, 1.54) is 30.6 Å². The molecule has 0 aliphatic rings. The van der Waals surface area contributed by atoms with Crippen LogP contribution in [0, 0.1) is 20.2 Å². The molecule has 0 atom stereocenters. The monoisotopic (exact) mass is 710 g/mol. The number of anilines is 1. The lowest BCUT2D eigenvalue weighted by molar-refractivity contribution is -0.385. The molecule has 0 aliphatic heterocycles. The Morgan fingerprint density at radius 2 is 1.00 bits per heavy atom. The molecule has 48 heavy (non-hydrogen) atoms. The Hall–Kier alpha value is -5.83. The van der Waals surface area contributed by atoms with Crippen LogP contribution >= 0.6 is 15.9 Å². The first-order valence-electron chi connectivity index (χ1n) is 13.7. The van der Waals surface area contributed by atoms with Gasteiger partial charge >= 0.3 is 7.12 Å². The van der Waals surface area contributed by atoms with Crippen molar-refractivity contribution in [1.29, 1.82) is 0 Å². The van der Waals surface area contributed by atoms with Crippen molar-refractivity contribution in [2.24, 2.45) is 0 Å². The quantitative estimate of drug-likeness (QED) is 0.0747. The molecule has 6 rings (SSSR count). The molecule has 0 amide bonds. The number of hydrogen-bond acceptors (Lipinski definition) is 10. The molecule has 4 N–H and O–H groups in total. The zero-order valence-electron chi connectivity index (χ0n) is 24.7. The average molecular weight is 711 g/mol. The van der Waals surface area contributed by atoms with Gasteiger partial charge in [0.25, 0.3) is 11.4 Å². The first kappa shape index (κ1) is 38.4. The first-order valence-corrected chi connectivity index (χ1v) is 14.5. The fraction of sp³-hybridized carbons (Fsp3) is 0.0294. The van der Waals surface area contributed by atoms with Gasteiger partial charge < -0.3 is 15.8 Å². The number of benzene rings is 3. The lowest BCUT2D eigenvalue weighted by Crippen LogP contribution is -2.29. The minimum Gasteiger partial charge on any atom is -0.423 e. The van der Waals surface area contributed by atoms with Crippen molar-refractivity contribution in [3.8, 4) is 22.5 Å². The zero-order valence-corrected chi connectivity index (χ0v) is 26.2. The van der Waals surface area contributed by atoms with Gasteiger partial charge in [-0.15, -0.1) is 0 Å². The molecule has 0 radical (unpaired) electrons. The fourth-order valence-corrected chi connectivity index (χ4v) is 3.79. The highest BCUT2D eigenvalue weighted by molar-refractivity contribution is 9.10. The molecule has 0 unspecified atom stereocenters. The van der Waals surface area contributed by atoms with Crippen LogP contribution in [0.5, 0.6) is 0 Å². The Bertz CT molecular complexity index is 1800. The Kier molecular flexibility index (Phi) is 16.2. The second-order valence-electron chi connectivity index (χ2n) is 9.25. The summed E-state index contributed by atoms with van der Waals surface area (Å²) in [5.41, 5.74) is 10.5. The van der Waals surface area contributed by atoms with Crippen molar-refractivity contribution in [3.05, 3.63) is 171 Å². The summed E-state index contributed by atoms with van der Waals surface area (Å²) in [5.74, 6) is 0. The third-order valence-electron chi connectivity index (χ3n) is 5.90. The predicted molar refractivity (Wildman–Crippen MR) is 192 cm³/mol. The van der Waals surface area contributed by atoms with Gasteiger partial charge in [-0.05, 0) is 45.7 Å². The summed E-state index contributed by atoms with van der Waals surface area (Å²) in [5, 5.41) is 37.6. The normalized spacial score (nSPS) is 9.40. The number of nitrogens with two attached hydrogens (primary N) is 1. The van der Waals surface area contributed by atoms with E-state index in [1.54, 1.807) is 36.5 Å². The van der Waals surface area contributed by atoms with Gasteiger partial charge in [0, 0.05) is 23.3 Å². The molecule has 0 saturated carbocycles. The first-order chi connectivity index (χ1) is 22.6. The van der Waals surface area contributed by atoms with Gasteiger partial charge in [0.1, 0.15) is 17.0 Å². The highest BCUT2D eigenvalue weighted by Crippen LogP contribution is 2.19. The van der Waals surface area contributed by atoms with Crippen LogP contribution in [0.2, 0.25) is 0 Å². The lowest BCUT2D eigenvalue weighted by Gasteiger charge is -1.99. The Balaban J connectivity index is 0.000000225.